The summed E-state index contributed by atoms with van der Waals surface area (Å²) in [6.45, 7) is 0.319. The Morgan fingerprint density at radius 2 is 2.11 bits per heavy atom. The van der Waals surface area contributed by atoms with Gasteiger partial charge in [0.1, 0.15) is 6.61 Å². The molecule has 0 aliphatic rings. The Balaban J connectivity index is 2.38. The molecule has 1 aromatic rings. The Morgan fingerprint density at radius 1 is 1.42 bits per heavy atom. The van der Waals surface area contributed by atoms with E-state index in [1.165, 1.54) is 0 Å². The summed E-state index contributed by atoms with van der Waals surface area (Å²) >= 11 is 3.25. The van der Waals surface area contributed by atoms with E-state index < -0.39 is 12.8 Å². The van der Waals surface area contributed by atoms with Crippen LogP contribution in [0, 0.1) is 6.92 Å². The maximum Gasteiger partial charge on any atom is 0.411 e. The first-order chi connectivity index (χ1) is 8.79. The van der Waals surface area contributed by atoms with Gasteiger partial charge in [-0.2, -0.15) is 13.2 Å². The molecule has 0 unspecified atom stereocenters. The predicted molar refractivity (Wildman–Crippen MR) is 68.1 cm³/mol. The van der Waals surface area contributed by atoms with Crippen LogP contribution >= 0.6 is 15.9 Å². The first kappa shape index (κ1) is 16.0. The van der Waals surface area contributed by atoms with Crippen molar-refractivity contribution in [2.24, 2.45) is 0 Å². The van der Waals surface area contributed by atoms with Crippen LogP contribution in [-0.2, 0) is 4.74 Å². The number of hydrogen-bond acceptors (Lipinski definition) is 2. The number of halogens is 4. The van der Waals surface area contributed by atoms with Gasteiger partial charge in [0.2, 0.25) is 0 Å². The summed E-state index contributed by atoms with van der Waals surface area (Å²) in [5.41, 5.74) is 1.27. The van der Waals surface area contributed by atoms with Crippen molar-refractivity contribution in [3.05, 3.63) is 33.8 Å². The number of ether oxygens (including phenoxy) is 1. The number of nitrogens with one attached hydrogen (secondary N) is 1. The van der Waals surface area contributed by atoms with Crippen LogP contribution in [0.1, 0.15) is 15.9 Å². The number of aryl methyl sites for hydroxylation is 1. The van der Waals surface area contributed by atoms with Crippen molar-refractivity contribution in [2.45, 2.75) is 13.1 Å². The third-order valence-corrected chi connectivity index (χ3v) is 2.74. The molecule has 0 fully saturated rings. The summed E-state index contributed by atoms with van der Waals surface area (Å²) in [6.07, 6.45) is -4.34. The molecule has 0 aliphatic carbocycles. The quantitative estimate of drug-likeness (QED) is 0.837. The van der Waals surface area contributed by atoms with Crippen LogP contribution in [0.2, 0.25) is 0 Å². The molecule has 19 heavy (non-hydrogen) atoms. The normalized spacial score (nSPS) is 11.4. The van der Waals surface area contributed by atoms with Crippen LogP contribution in [0.25, 0.3) is 0 Å². The van der Waals surface area contributed by atoms with Gasteiger partial charge in [0.05, 0.1) is 6.61 Å². The second-order valence-electron chi connectivity index (χ2n) is 3.88. The number of alkyl halides is 3. The SMILES string of the molecule is Cc1ccc(Br)cc1C(=O)NCCOCC(F)(F)F. The first-order valence-electron chi connectivity index (χ1n) is 5.48. The molecule has 0 heterocycles. The molecule has 1 amide bonds. The molecule has 0 saturated carbocycles. The third kappa shape index (κ3) is 6.07. The van der Waals surface area contributed by atoms with Gasteiger partial charge in [-0.25, -0.2) is 0 Å². The van der Waals surface area contributed by atoms with Gasteiger partial charge in [-0.15, -0.1) is 0 Å². The van der Waals surface area contributed by atoms with Crippen LogP contribution in [0.4, 0.5) is 13.2 Å². The maximum absolute atomic E-state index is 11.8. The van der Waals surface area contributed by atoms with Gasteiger partial charge < -0.3 is 10.1 Å². The number of benzene rings is 1. The molecule has 0 aliphatic heterocycles. The Hall–Kier alpha value is -1.08. The molecule has 3 nitrogen and oxygen atoms in total. The average molecular weight is 340 g/mol. The smallest absolute Gasteiger partial charge is 0.370 e. The van der Waals surface area contributed by atoms with E-state index in [1.807, 2.05) is 0 Å². The minimum absolute atomic E-state index is 0.0286. The zero-order chi connectivity index (χ0) is 14.5. The van der Waals surface area contributed by atoms with Gasteiger partial charge in [-0.05, 0) is 24.6 Å². The van der Waals surface area contributed by atoms with Crippen molar-refractivity contribution in [1.29, 1.82) is 0 Å². The van der Waals surface area contributed by atoms with Gasteiger partial charge in [0.15, 0.2) is 0 Å². The van der Waals surface area contributed by atoms with Crippen molar-refractivity contribution in [3.63, 3.8) is 0 Å². The summed E-state index contributed by atoms with van der Waals surface area (Å²) in [4.78, 5) is 11.8. The molecule has 0 radical (unpaired) electrons. The lowest BCUT2D eigenvalue weighted by Crippen LogP contribution is -2.29. The lowest BCUT2D eigenvalue weighted by molar-refractivity contribution is -0.173. The lowest BCUT2D eigenvalue weighted by atomic mass is 10.1. The number of amides is 1. The van der Waals surface area contributed by atoms with E-state index >= 15 is 0 Å². The predicted octanol–water partition coefficient (Wildman–Crippen LogP) is 3.07. The van der Waals surface area contributed by atoms with E-state index in [0.717, 1.165) is 10.0 Å². The molecule has 0 bridgehead atoms. The second-order valence-corrected chi connectivity index (χ2v) is 4.80. The molecule has 1 N–H and O–H groups in total. The highest BCUT2D eigenvalue weighted by Crippen LogP contribution is 2.16. The van der Waals surface area contributed by atoms with E-state index in [-0.39, 0.29) is 19.1 Å². The molecule has 0 aromatic heterocycles. The van der Waals surface area contributed by atoms with E-state index in [1.54, 1.807) is 25.1 Å². The van der Waals surface area contributed by atoms with Gasteiger partial charge in [-0.3, -0.25) is 4.79 Å². The highest BCUT2D eigenvalue weighted by atomic mass is 79.9. The fourth-order valence-corrected chi connectivity index (χ4v) is 1.72. The van der Waals surface area contributed by atoms with E-state index in [9.17, 15) is 18.0 Å². The fourth-order valence-electron chi connectivity index (χ4n) is 1.36. The van der Waals surface area contributed by atoms with Gasteiger partial charge in [0, 0.05) is 16.6 Å². The Morgan fingerprint density at radius 3 is 2.74 bits per heavy atom. The van der Waals surface area contributed by atoms with Crippen molar-refractivity contribution in [2.75, 3.05) is 19.8 Å². The van der Waals surface area contributed by atoms with E-state index in [2.05, 4.69) is 26.0 Å². The average Bonchev–Trinajstić information content (AvgIpc) is 2.30. The van der Waals surface area contributed by atoms with Crippen molar-refractivity contribution < 1.29 is 22.7 Å². The van der Waals surface area contributed by atoms with Gasteiger partial charge in [0.25, 0.3) is 5.91 Å². The number of rotatable bonds is 5. The maximum atomic E-state index is 11.8. The number of hydrogen-bond donors (Lipinski definition) is 1. The van der Waals surface area contributed by atoms with Crippen LogP contribution in [-0.4, -0.2) is 31.8 Å². The number of carbonyl (C=O) groups is 1. The molecular formula is C12H13BrF3NO2. The molecule has 106 valence electrons. The monoisotopic (exact) mass is 339 g/mol. The van der Waals surface area contributed by atoms with Crippen LogP contribution in [0.15, 0.2) is 22.7 Å². The van der Waals surface area contributed by atoms with Gasteiger partial charge >= 0.3 is 6.18 Å². The van der Waals surface area contributed by atoms with E-state index in [4.69, 9.17) is 0 Å². The minimum atomic E-state index is -4.34. The highest BCUT2D eigenvalue weighted by molar-refractivity contribution is 9.10. The summed E-state index contributed by atoms with van der Waals surface area (Å²) in [7, 11) is 0. The lowest BCUT2D eigenvalue weighted by Gasteiger charge is -2.10. The molecule has 0 saturated heterocycles. The fraction of sp³-hybridized carbons (Fsp3) is 0.417. The summed E-state index contributed by atoms with van der Waals surface area (Å²) in [5, 5.41) is 2.50. The topological polar surface area (TPSA) is 38.3 Å². The minimum Gasteiger partial charge on any atom is -0.370 e. The van der Waals surface area contributed by atoms with Crippen molar-refractivity contribution in [3.8, 4) is 0 Å². The van der Waals surface area contributed by atoms with Crippen molar-refractivity contribution >= 4 is 21.8 Å². The molecule has 0 atom stereocenters. The van der Waals surface area contributed by atoms with Crippen LogP contribution < -0.4 is 5.32 Å². The molecule has 0 spiro atoms. The Bertz CT molecular complexity index is 449. The summed E-state index contributed by atoms with van der Waals surface area (Å²) in [5.74, 6) is -0.339. The molecule has 1 aromatic carbocycles. The second kappa shape index (κ2) is 6.91. The molecule has 7 heteroatoms. The number of carbonyl (C=O) groups excluding carboxylic acids is 1. The van der Waals surface area contributed by atoms with Crippen molar-refractivity contribution in [1.82, 2.24) is 5.32 Å². The highest BCUT2D eigenvalue weighted by Gasteiger charge is 2.27. The summed E-state index contributed by atoms with van der Waals surface area (Å²) in [6, 6.07) is 5.24. The standard InChI is InChI=1S/C12H13BrF3NO2/c1-8-2-3-9(13)6-10(8)11(18)17-4-5-19-7-12(14,15)16/h2-3,6H,4-5,7H2,1H3,(H,17,18). The first-order valence-corrected chi connectivity index (χ1v) is 6.28. The Kier molecular flexibility index (Phi) is 5.81. The third-order valence-electron chi connectivity index (χ3n) is 2.24. The molecule has 1 rings (SSSR count). The van der Waals surface area contributed by atoms with E-state index in [0.29, 0.717) is 5.56 Å². The summed E-state index contributed by atoms with van der Waals surface area (Å²) < 4.78 is 40.5. The van der Waals surface area contributed by atoms with Crippen LogP contribution in [0.3, 0.4) is 0 Å². The largest absolute Gasteiger partial charge is 0.411 e. The van der Waals surface area contributed by atoms with Gasteiger partial charge in [-0.1, -0.05) is 22.0 Å². The zero-order valence-corrected chi connectivity index (χ0v) is 11.8. The molecular weight excluding hydrogens is 327 g/mol. The zero-order valence-electron chi connectivity index (χ0n) is 10.2. The Labute approximate surface area is 117 Å². The van der Waals surface area contributed by atoms with Crippen LogP contribution in [0.5, 0.6) is 0 Å².